The maximum absolute atomic E-state index is 13.6. The first-order valence-electron chi connectivity index (χ1n) is 10.9. The van der Waals surface area contributed by atoms with Crippen molar-refractivity contribution in [3.63, 3.8) is 0 Å². The van der Waals surface area contributed by atoms with Gasteiger partial charge in [0.1, 0.15) is 10.7 Å². The number of aromatic nitrogens is 1. The third-order valence-corrected chi connectivity index (χ3v) is 8.16. The number of pyridine rings is 1. The molecular formula is C22H39N5O2S. The highest BCUT2D eigenvalue weighted by Gasteiger charge is 2.39. The Labute approximate surface area is 183 Å². The molecule has 0 aliphatic carbocycles. The summed E-state index contributed by atoms with van der Waals surface area (Å²) in [4.78, 5) is 11.7. The highest BCUT2D eigenvalue weighted by Crippen LogP contribution is 2.36. The average Bonchev–Trinajstić information content (AvgIpc) is 3.02. The van der Waals surface area contributed by atoms with E-state index in [4.69, 9.17) is 0 Å². The average molecular weight is 438 g/mol. The molecule has 2 unspecified atom stereocenters. The van der Waals surface area contributed by atoms with Gasteiger partial charge in [-0.25, -0.2) is 17.7 Å². The first kappa shape index (κ1) is 23.4. The van der Waals surface area contributed by atoms with Gasteiger partial charge in [0.2, 0.25) is 10.0 Å². The first-order valence-corrected chi connectivity index (χ1v) is 12.3. The minimum absolute atomic E-state index is 0.157. The number of rotatable bonds is 7. The van der Waals surface area contributed by atoms with Gasteiger partial charge in [-0.3, -0.25) is 0 Å². The zero-order valence-corrected chi connectivity index (χ0v) is 20.5. The summed E-state index contributed by atoms with van der Waals surface area (Å²) in [5.41, 5.74) is 0.713. The van der Waals surface area contributed by atoms with Crippen LogP contribution in [0.3, 0.4) is 0 Å². The zero-order chi connectivity index (χ0) is 22.3. The van der Waals surface area contributed by atoms with E-state index in [2.05, 4.69) is 40.6 Å². The summed E-state index contributed by atoms with van der Waals surface area (Å²) in [7, 11) is 4.25. The van der Waals surface area contributed by atoms with Gasteiger partial charge in [0.15, 0.2) is 0 Å². The molecule has 30 heavy (non-hydrogen) atoms. The summed E-state index contributed by atoms with van der Waals surface area (Å²) in [6.07, 6.45) is 2.96. The third-order valence-electron chi connectivity index (χ3n) is 6.36. The summed E-state index contributed by atoms with van der Waals surface area (Å²) in [5.74, 6) is 1.82. The number of sulfonamides is 1. The van der Waals surface area contributed by atoms with E-state index in [1.807, 2.05) is 21.0 Å². The predicted octanol–water partition coefficient (Wildman–Crippen LogP) is 1.99. The van der Waals surface area contributed by atoms with Crippen LogP contribution in [0, 0.1) is 24.2 Å². The van der Waals surface area contributed by atoms with Crippen molar-refractivity contribution >= 4 is 15.8 Å². The van der Waals surface area contributed by atoms with Gasteiger partial charge in [0.25, 0.3) is 0 Å². The van der Waals surface area contributed by atoms with Crippen molar-refractivity contribution in [1.82, 2.24) is 19.1 Å². The van der Waals surface area contributed by atoms with E-state index in [1.54, 1.807) is 19.3 Å². The first-order chi connectivity index (χ1) is 13.9. The smallest absolute Gasteiger partial charge is 0.246 e. The molecule has 0 spiro atoms. The number of likely N-dealkylation sites (tertiary alicyclic amines) is 1. The number of nitrogens with zero attached hydrogens (tertiary/aromatic N) is 5. The Morgan fingerprint density at radius 2 is 1.80 bits per heavy atom. The van der Waals surface area contributed by atoms with Crippen LogP contribution in [0.5, 0.6) is 0 Å². The minimum Gasteiger partial charge on any atom is -0.355 e. The van der Waals surface area contributed by atoms with E-state index >= 15 is 0 Å². The SMILES string of the molecule is Cc1cnc(N2CC3CCN(C)CC3C2)c(S(=O)(=O)N(C)CC(C)(C)CN(C)C)c1. The molecule has 1 aromatic heterocycles. The Bertz CT molecular complexity index is 855. The number of piperidine rings is 1. The van der Waals surface area contributed by atoms with Crippen molar-refractivity contribution in [2.75, 3.05) is 72.4 Å². The van der Waals surface area contributed by atoms with Gasteiger partial charge >= 0.3 is 0 Å². The second-order valence-electron chi connectivity index (χ2n) is 10.5. The molecule has 8 heteroatoms. The molecule has 1 aromatic rings. The van der Waals surface area contributed by atoms with Crippen molar-refractivity contribution in [2.45, 2.75) is 32.1 Å². The zero-order valence-electron chi connectivity index (χ0n) is 19.7. The Morgan fingerprint density at radius 3 is 2.47 bits per heavy atom. The highest BCUT2D eigenvalue weighted by atomic mass is 32.2. The Balaban J connectivity index is 1.87. The maximum atomic E-state index is 13.6. The van der Waals surface area contributed by atoms with E-state index in [0.29, 0.717) is 29.1 Å². The molecule has 3 rings (SSSR count). The van der Waals surface area contributed by atoms with Gasteiger partial charge in [-0.2, -0.15) is 0 Å². The highest BCUT2D eigenvalue weighted by molar-refractivity contribution is 7.89. The summed E-state index contributed by atoms with van der Waals surface area (Å²) >= 11 is 0. The van der Waals surface area contributed by atoms with Gasteiger partial charge in [0.05, 0.1) is 0 Å². The Kier molecular flexibility index (Phi) is 6.82. The molecule has 0 aromatic carbocycles. The topological polar surface area (TPSA) is 60.0 Å². The van der Waals surface area contributed by atoms with Crippen LogP contribution in [0.2, 0.25) is 0 Å². The summed E-state index contributed by atoms with van der Waals surface area (Å²) < 4.78 is 28.8. The molecule has 3 heterocycles. The standard InChI is InChI=1S/C22H39N5O2S/c1-17-10-20(30(28,29)26(7)16-22(2,3)15-24(4)5)21(23-11-17)27-13-18-8-9-25(6)12-19(18)14-27/h10-11,18-19H,8-9,12-16H2,1-7H3. The molecule has 2 aliphatic rings. The number of anilines is 1. The summed E-state index contributed by atoms with van der Waals surface area (Å²) in [6, 6.07) is 1.79. The second-order valence-corrected chi connectivity index (χ2v) is 12.5. The van der Waals surface area contributed by atoms with Crippen LogP contribution in [0.4, 0.5) is 5.82 Å². The second kappa shape index (κ2) is 8.73. The van der Waals surface area contributed by atoms with Crippen LogP contribution in [0.25, 0.3) is 0 Å². The fraction of sp³-hybridized carbons (Fsp3) is 0.773. The van der Waals surface area contributed by atoms with E-state index < -0.39 is 10.0 Å². The number of hydrogen-bond acceptors (Lipinski definition) is 6. The van der Waals surface area contributed by atoms with Gasteiger partial charge < -0.3 is 14.7 Å². The van der Waals surface area contributed by atoms with Gasteiger partial charge in [0, 0.05) is 46.0 Å². The molecule has 7 nitrogen and oxygen atoms in total. The van der Waals surface area contributed by atoms with E-state index in [-0.39, 0.29) is 5.41 Å². The molecule has 0 saturated carbocycles. The summed E-state index contributed by atoms with van der Waals surface area (Å²) in [5, 5.41) is 0. The lowest BCUT2D eigenvalue weighted by Crippen LogP contribution is -2.41. The van der Waals surface area contributed by atoms with Crippen LogP contribution in [0.15, 0.2) is 17.2 Å². The largest absolute Gasteiger partial charge is 0.355 e. The molecule has 2 fully saturated rings. The van der Waals surface area contributed by atoms with Gasteiger partial charge in [-0.15, -0.1) is 0 Å². The monoisotopic (exact) mass is 437 g/mol. The molecule has 2 aliphatic heterocycles. The molecule has 0 N–H and O–H groups in total. The Hall–Kier alpha value is -1.22. The molecule has 2 atom stereocenters. The maximum Gasteiger partial charge on any atom is 0.246 e. The quantitative estimate of drug-likeness (QED) is 0.650. The minimum atomic E-state index is -3.64. The van der Waals surface area contributed by atoms with Crippen LogP contribution < -0.4 is 4.90 Å². The van der Waals surface area contributed by atoms with Crippen LogP contribution >= 0.6 is 0 Å². The lowest BCUT2D eigenvalue weighted by molar-refractivity contribution is 0.178. The summed E-state index contributed by atoms with van der Waals surface area (Å²) in [6.45, 7) is 11.4. The molecular weight excluding hydrogens is 398 g/mol. The van der Waals surface area contributed by atoms with E-state index in [0.717, 1.165) is 38.3 Å². The molecule has 2 saturated heterocycles. The molecule has 170 valence electrons. The van der Waals surface area contributed by atoms with Gasteiger partial charge in [-0.05, 0) is 69.9 Å². The molecule has 0 amide bonds. The van der Waals surface area contributed by atoms with E-state index in [1.165, 1.54) is 10.7 Å². The van der Waals surface area contributed by atoms with Gasteiger partial charge in [-0.1, -0.05) is 13.8 Å². The van der Waals surface area contributed by atoms with Crippen LogP contribution in [-0.2, 0) is 10.0 Å². The predicted molar refractivity (Wildman–Crippen MR) is 122 cm³/mol. The fourth-order valence-corrected chi connectivity index (χ4v) is 6.85. The van der Waals surface area contributed by atoms with Crippen molar-refractivity contribution in [3.05, 3.63) is 17.8 Å². The fourth-order valence-electron chi connectivity index (χ4n) is 5.25. The third kappa shape index (κ3) is 5.15. The lowest BCUT2D eigenvalue weighted by Gasteiger charge is -2.33. The number of fused-ring (bicyclic) bond motifs is 1. The van der Waals surface area contributed by atoms with Crippen molar-refractivity contribution in [3.8, 4) is 0 Å². The normalized spacial score (nSPS) is 23.4. The van der Waals surface area contributed by atoms with Crippen molar-refractivity contribution in [1.29, 1.82) is 0 Å². The van der Waals surface area contributed by atoms with Crippen molar-refractivity contribution < 1.29 is 8.42 Å². The number of aryl methyl sites for hydroxylation is 1. The van der Waals surface area contributed by atoms with Crippen LogP contribution in [0.1, 0.15) is 25.8 Å². The van der Waals surface area contributed by atoms with E-state index in [9.17, 15) is 8.42 Å². The molecule has 0 radical (unpaired) electrons. The van der Waals surface area contributed by atoms with Crippen molar-refractivity contribution in [2.24, 2.45) is 17.3 Å². The molecule has 0 bridgehead atoms. The Morgan fingerprint density at radius 1 is 1.13 bits per heavy atom. The lowest BCUT2D eigenvalue weighted by atomic mass is 9.89. The van der Waals surface area contributed by atoms with Crippen LogP contribution in [-0.4, -0.2) is 95.0 Å². The number of hydrogen-bond donors (Lipinski definition) is 0.